The summed E-state index contributed by atoms with van der Waals surface area (Å²) in [6, 6.07) is 6.40. The second-order valence-electron chi connectivity index (χ2n) is 2.99. The Hall–Kier alpha value is -0.630. The molecule has 1 N–H and O–H groups in total. The third-order valence-corrected chi connectivity index (χ3v) is 2.29. The van der Waals surface area contributed by atoms with Crippen molar-refractivity contribution in [2.45, 2.75) is 0 Å². The maximum absolute atomic E-state index is 10.8. The van der Waals surface area contributed by atoms with Crippen molar-refractivity contribution < 1.29 is 12.6 Å². The van der Waals surface area contributed by atoms with Crippen LogP contribution in [0.2, 0.25) is 0 Å². The predicted molar refractivity (Wildman–Crippen MR) is 62.6 cm³/mol. The van der Waals surface area contributed by atoms with E-state index in [1.54, 1.807) is 12.1 Å². The second-order valence-corrected chi connectivity index (χ2v) is 4.20. The Bertz CT molecular complexity index is 444. The van der Waals surface area contributed by atoms with E-state index in [0.29, 0.717) is 0 Å². The van der Waals surface area contributed by atoms with Gasteiger partial charge in [0.05, 0.1) is 0 Å². The van der Waals surface area contributed by atoms with Crippen molar-refractivity contribution in [2.24, 2.45) is 4.52 Å². The third kappa shape index (κ3) is 4.48. The van der Waals surface area contributed by atoms with E-state index in [-0.39, 0.29) is 35.3 Å². The fourth-order valence-electron chi connectivity index (χ4n) is 0.940. The summed E-state index contributed by atoms with van der Waals surface area (Å²) < 4.78 is 28.4. The number of benzene rings is 1. The molecule has 0 heterocycles. The van der Waals surface area contributed by atoms with E-state index in [0.717, 1.165) is 5.69 Å². The number of hydrogen-bond donors (Lipinski definition) is 1. The molecule has 0 saturated carbocycles. The van der Waals surface area contributed by atoms with Crippen molar-refractivity contribution in [2.75, 3.05) is 19.0 Å². The molecule has 8 heteroatoms. The van der Waals surface area contributed by atoms with Crippen LogP contribution in [0.4, 0.5) is 5.69 Å². The van der Waals surface area contributed by atoms with Gasteiger partial charge in [-0.05, 0) is 28.8 Å². The van der Waals surface area contributed by atoms with E-state index < -0.39 is 10.3 Å². The van der Waals surface area contributed by atoms with Crippen LogP contribution in [0.5, 0.6) is 5.75 Å². The molecular formula is C8H12N3NaO3S. The molecule has 0 radical (unpaired) electrons. The molecule has 0 fully saturated rings. The molecule has 0 atom stereocenters. The molecular weight excluding hydrogens is 241 g/mol. The van der Waals surface area contributed by atoms with Crippen molar-refractivity contribution in [3.05, 3.63) is 24.3 Å². The average Bonchev–Trinajstić information content (AvgIpc) is 2.18. The molecule has 84 valence electrons. The van der Waals surface area contributed by atoms with Gasteiger partial charge in [-0.25, -0.2) is 0 Å². The van der Waals surface area contributed by atoms with Gasteiger partial charge in [0.2, 0.25) is 0 Å². The first-order chi connectivity index (χ1) is 6.94. The van der Waals surface area contributed by atoms with Gasteiger partial charge in [-0.2, -0.15) is 13.9 Å². The molecule has 0 amide bonds. The third-order valence-electron chi connectivity index (χ3n) is 1.67. The van der Waals surface area contributed by atoms with Gasteiger partial charge in [-0.15, -0.1) is 0 Å². The summed E-state index contributed by atoms with van der Waals surface area (Å²) in [6.07, 6.45) is 0. The standard InChI is InChI=1S/C8H11N3O3S.Na.H/c1-11(2)7-3-5-8(6-4-7)14-15(12,13)10-9;;/h3-6,9H,1-2H3;;. The van der Waals surface area contributed by atoms with Gasteiger partial charge in [-0.3, -0.25) is 0 Å². The van der Waals surface area contributed by atoms with Gasteiger partial charge in [0, 0.05) is 19.8 Å². The first-order valence-corrected chi connectivity index (χ1v) is 5.41. The van der Waals surface area contributed by atoms with E-state index in [1.807, 2.05) is 19.0 Å². The summed E-state index contributed by atoms with van der Waals surface area (Å²) in [7, 11) is -0.394. The van der Waals surface area contributed by atoms with Crippen LogP contribution in [-0.2, 0) is 10.3 Å². The minimum absolute atomic E-state index is 0. The molecule has 0 bridgehead atoms. The Kier molecular flexibility index (Phi) is 5.95. The fourth-order valence-corrected chi connectivity index (χ4v) is 1.33. The van der Waals surface area contributed by atoms with E-state index in [1.165, 1.54) is 12.1 Å². The van der Waals surface area contributed by atoms with Crippen LogP contribution in [0.15, 0.2) is 28.8 Å². The molecule has 1 aromatic carbocycles. The monoisotopic (exact) mass is 253 g/mol. The van der Waals surface area contributed by atoms with E-state index in [9.17, 15) is 8.42 Å². The Morgan fingerprint density at radius 2 is 1.75 bits per heavy atom. The summed E-state index contributed by atoms with van der Waals surface area (Å²) in [4.78, 5) is 1.87. The van der Waals surface area contributed by atoms with Crippen LogP contribution in [0.3, 0.4) is 0 Å². The van der Waals surface area contributed by atoms with E-state index >= 15 is 0 Å². The topological polar surface area (TPSA) is 82.8 Å². The van der Waals surface area contributed by atoms with Crippen LogP contribution in [0.1, 0.15) is 0 Å². The molecule has 0 aliphatic heterocycles. The molecule has 0 spiro atoms. The first kappa shape index (κ1) is 15.4. The molecule has 16 heavy (non-hydrogen) atoms. The van der Waals surface area contributed by atoms with E-state index in [4.69, 9.17) is 5.53 Å². The number of rotatable bonds is 4. The Morgan fingerprint density at radius 1 is 1.25 bits per heavy atom. The Morgan fingerprint density at radius 3 is 2.12 bits per heavy atom. The number of hydrogen-bond acceptors (Lipinski definition) is 5. The van der Waals surface area contributed by atoms with Crippen molar-refractivity contribution >= 4 is 45.5 Å². The summed E-state index contributed by atoms with van der Waals surface area (Å²) in [5, 5.41) is 0. The van der Waals surface area contributed by atoms with Crippen LogP contribution >= 0.6 is 0 Å². The predicted octanol–water partition coefficient (Wildman–Crippen LogP) is 0.759. The van der Waals surface area contributed by atoms with Crippen molar-refractivity contribution in [1.82, 2.24) is 0 Å². The van der Waals surface area contributed by atoms with Gasteiger partial charge in [0.1, 0.15) is 5.75 Å². The molecule has 0 aromatic heterocycles. The SMILES string of the molecule is CN(C)c1ccc(OS(=O)(=O)N=N)cc1.[NaH]. The van der Waals surface area contributed by atoms with Crippen LogP contribution in [-0.4, -0.2) is 52.1 Å². The number of nitrogens with zero attached hydrogens (tertiary/aromatic N) is 2. The Labute approximate surface area is 117 Å². The quantitative estimate of drug-likeness (QED) is 0.634. The normalized spacial score (nSPS) is 10.1. The minimum atomic E-state index is -4.13. The average molecular weight is 253 g/mol. The van der Waals surface area contributed by atoms with Crippen LogP contribution in [0.25, 0.3) is 0 Å². The summed E-state index contributed by atoms with van der Waals surface area (Å²) >= 11 is 0. The van der Waals surface area contributed by atoms with Crippen LogP contribution < -0.4 is 9.08 Å². The number of anilines is 1. The molecule has 0 aliphatic rings. The van der Waals surface area contributed by atoms with Crippen LogP contribution in [0, 0.1) is 5.53 Å². The van der Waals surface area contributed by atoms with Gasteiger partial charge in [0.25, 0.3) is 0 Å². The first-order valence-electron chi connectivity index (χ1n) is 4.05. The second kappa shape index (κ2) is 6.19. The zero-order chi connectivity index (χ0) is 11.5. The molecule has 0 saturated heterocycles. The summed E-state index contributed by atoms with van der Waals surface area (Å²) in [6.45, 7) is 0. The molecule has 0 aliphatic carbocycles. The molecule has 1 aromatic rings. The van der Waals surface area contributed by atoms with Gasteiger partial charge in [-0.1, -0.05) is 0 Å². The Balaban J connectivity index is 0.00000225. The van der Waals surface area contributed by atoms with Crippen molar-refractivity contribution in [3.63, 3.8) is 0 Å². The fraction of sp³-hybridized carbons (Fsp3) is 0.250. The maximum atomic E-state index is 10.8. The van der Waals surface area contributed by atoms with Gasteiger partial charge in [0.15, 0.2) is 0 Å². The number of nitrogens with one attached hydrogen (secondary N) is 1. The van der Waals surface area contributed by atoms with Crippen molar-refractivity contribution in [3.8, 4) is 5.75 Å². The molecule has 0 unspecified atom stereocenters. The molecule has 6 nitrogen and oxygen atoms in total. The van der Waals surface area contributed by atoms with Gasteiger partial charge >= 0.3 is 39.9 Å². The zero-order valence-corrected chi connectivity index (χ0v) is 9.15. The summed E-state index contributed by atoms with van der Waals surface area (Å²) in [5.41, 5.74) is 7.29. The molecule has 1 rings (SSSR count). The zero-order valence-electron chi connectivity index (χ0n) is 8.34. The van der Waals surface area contributed by atoms with Gasteiger partial charge < -0.3 is 9.08 Å². The summed E-state index contributed by atoms with van der Waals surface area (Å²) in [5.74, 6) is 0.136. The van der Waals surface area contributed by atoms with E-state index in [2.05, 4.69) is 8.70 Å². The van der Waals surface area contributed by atoms with Crippen molar-refractivity contribution in [1.29, 1.82) is 5.53 Å².